The lowest BCUT2D eigenvalue weighted by Gasteiger charge is -2.34. The number of anilines is 2. The minimum absolute atomic E-state index is 0.992. The average molecular weight is 409 g/mol. The van der Waals surface area contributed by atoms with Crippen LogP contribution in [0.5, 0.6) is 0 Å². The molecular formula is C22H24N4S2. The van der Waals surface area contributed by atoms with Crippen LogP contribution in [0.1, 0.15) is 22.3 Å². The first kappa shape index (κ1) is 17.9. The molecule has 5 rings (SSSR count). The number of aromatic nitrogens is 2. The lowest BCUT2D eigenvalue weighted by atomic mass is 10.1. The Balaban J connectivity index is 1.37. The molecule has 0 spiro atoms. The molecule has 2 aromatic heterocycles. The monoisotopic (exact) mass is 408 g/mol. The molecule has 6 heteroatoms. The quantitative estimate of drug-likeness (QED) is 0.440. The first-order valence-corrected chi connectivity index (χ1v) is 11.4. The molecule has 1 saturated heterocycles. The third-order valence-electron chi connectivity index (χ3n) is 5.56. The predicted octanol–water partition coefficient (Wildman–Crippen LogP) is 5.47. The maximum Gasteiger partial charge on any atom is 0.186 e. The molecule has 28 heavy (non-hydrogen) atoms. The van der Waals surface area contributed by atoms with Gasteiger partial charge in [0.1, 0.15) is 0 Å². The molecule has 4 nitrogen and oxygen atoms in total. The van der Waals surface area contributed by atoms with Gasteiger partial charge >= 0.3 is 0 Å². The van der Waals surface area contributed by atoms with E-state index in [1.165, 1.54) is 37.2 Å². The summed E-state index contributed by atoms with van der Waals surface area (Å²) in [5, 5.41) is 2.31. The Kier molecular flexibility index (Phi) is 4.29. The molecule has 144 valence electrons. The highest BCUT2D eigenvalue weighted by atomic mass is 32.1. The van der Waals surface area contributed by atoms with Crippen LogP contribution in [-0.2, 0) is 0 Å². The fraction of sp³-hybridized carbons (Fsp3) is 0.364. The summed E-state index contributed by atoms with van der Waals surface area (Å²) >= 11 is 3.66. The van der Waals surface area contributed by atoms with Crippen LogP contribution in [0, 0.1) is 27.7 Å². The normalized spacial score (nSPS) is 15.1. The lowest BCUT2D eigenvalue weighted by molar-refractivity contribution is 0.651. The maximum atomic E-state index is 4.96. The molecule has 1 fully saturated rings. The predicted molar refractivity (Wildman–Crippen MR) is 123 cm³/mol. The number of fused-ring (bicyclic) bond motifs is 2. The number of nitrogens with zero attached hydrogens (tertiary/aromatic N) is 4. The van der Waals surface area contributed by atoms with Crippen LogP contribution < -0.4 is 9.80 Å². The molecule has 0 amide bonds. The van der Waals surface area contributed by atoms with Crippen LogP contribution in [0.15, 0.2) is 24.3 Å². The van der Waals surface area contributed by atoms with Crippen LogP contribution in [-0.4, -0.2) is 36.1 Å². The van der Waals surface area contributed by atoms with Gasteiger partial charge in [-0.2, -0.15) is 0 Å². The fourth-order valence-electron chi connectivity index (χ4n) is 3.97. The summed E-state index contributed by atoms with van der Waals surface area (Å²) in [6.45, 7) is 12.6. The fourth-order valence-corrected chi connectivity index (χ4v) is 6.20. The molecule has 1 aliphatic rings. The standard InChI is InChI=1S/C22H24N4S2/c1-13-11-16(4)19-17(12-13)23-21(27-19)25-7-9-26(10-8-25)22-24-18-14(2)5-6-15(3)20(18)28-22/h5-6,11-12H,7-10H2,1-4H3. The number of hydrogen-bond acceptors (Lipinski definition) is 6. The number of benzene rings is 2. The summed E-state index contributed by atoms with van der Waals surface area (Å²) in [7, 11) is 0. The molecular weight excluding hydrogens is 384 g/mol. The Morgan fingerprint density at radius 2 is 1.32 bits per heavy atom. The second kappa shape index (κ2) is 6.71. The second-order valence-corrected chi connectivity index (χ2v) is 9.73. The Hall–Kier alpha value is -2.18. The molecule has 0 saturated carbocycles. The van der Waals surface area contributed by atoms with E-state index in [4.69, 9.17) is 9.97 Å². The minimum atomic E-state index is 0.992. The van der Waals surface area contributed by atoms with Gasteiger partial charge in [-0.1, -0.05) is 40.9 Å². The van der Waals surface area contributed by atoms with Crippen molar-refractivity contribution in [2.45, 2.75) is 27.7 Å². The van der Waals surface area contributed by atoms with Gasteiger partial charge in [0.2, 0.25) is 0 Å². The molecule has 0 bridgehead atoms. The van der Waals surface area contributed by atoms with Crippen LogP contribution in [0.2, 0.25) is 0 Å². The molecule has 0 radical (unpaired) electrons. The van der Waals surface area contributed by atoms with Crippen LogP contribution in [0.25, 0.3) is 20.4 Å². The first-order valence-electron chi connectivity index (χ1n) is 9.74. The average Bonchev–Trinajstić information content (AvgIpc) is 3.30. The molecule has 3 heterocycles. The zero-order chi connectivity index (χ0) is 19.4. The van der Waals surface area contributed by atoms with E-state index in [0.29, 0.717) is 0 Å². The molecule has 0 unspecified atom stereocenters. The number of aryl methyl sites for hydroxylation is 4. The van der Waals surface area contributed by atoms with E-state index in [1.807, 2.05) is 22.7 Å². The molecule has 0 aliphatic carbocycles. The van der Waals surface area contributed by atoms with E-state index in [-0.39, 0.29) is 0 Å². The van der Waals surface area contributed by atoms with Crippen LogP contribution in [0.4, 0.5) is 10.3 Å². The second-order valence-electron chi connectivity index (χ2n) is 7.77. The smallest absolute Gasteiger partial charge is 0.186 e. The highest BCUT2D eigenvalue weighted by molar-refractivity contribution is 7.22. The number of thiazole rings is 2. The number of piperazine rings is 1. The molecule has 4 aromatic rings. The van der Waals surface area contributed by atoms with Gasteiger partial charge in [-0.05, 0) is 56.0 Å². The first-order chi connectivity index (χ1) is 13.5. The van der Waals surface area contributed by atoms with Gasteiger partial charge in [0.15, 0.2) is 10.3 Å². The van der Waals surface area contributed by atoms with E-state index in [9.17, 15) is 0 Å². The lowest BCUT2D eigenvalue weighted by Crippen LogP contribution is -2.46. The third kappa shape index (κ3) is 2.95. The molecule has 1 aliphatic heterocycles. The Labute approximate surface area is 173 Å². The number of hydrogen-bond donors (Lipinski definition) is 0. The summed E-state index contributed by atoms with van der Waals surface area (Å²) < 4.78 is 2.65. The topological polar surface area (TPSA) is 32.3 Å². The highest BCUT2D eigenvalue weighted by Gasteiger charge is 2.23. The molecule has 0 N–H and O–H groups in total. The van der Waals surface area contributed by atoms with Crippen LogP contribution in [0.3, 0.4) is 0 Å². The summed E-state index contributed by atoms with van der Waals surface area (Å²) in [6, 6.07) is 8.83. The zero-order valence-corrected chi connectivity index (χ0v) is 18.4. The van der Waals surface area contributed by atoms with E-state index >= 15 is 0 Å². The van der Waals surface area contributed by atoms with Crippen molar-refractivity contribution in [3.63, 3.8) is 0 Å². The van der Waals surface area contributed by atoms with Gasteiger partial charge in [0.25, 0.3) is 0 Å². The van der Waals surface area contributed by atoms with E-state index < -0.39 is 0 Å². The van der Waals surface area contributed by atoms with Gasteiger partial charge in [-0.3, -0.25) is 0 Å². The van der Waals surface area contributed by atoms with Crippen molar-refractivity contribution >= 4 is 53.4 Å². The van der Waals surface area contributed by atoms with Gasteiger partial charge in [-0.15, -0.1) is 0 Å². The van der Waals surface area contributed by atoms with E-state index in [0.717, 1.165) is 42.0 Å². The van der Waals surface area contributed by atoms with Gasteiger partial charge in [-0.25, -0.2) is 9.97 Å². The number of rotatable bonds is 2. The minimum Gasteiger partial charge on any atom is -0.345 e. The summed E-state index contributed by atoms with van der Waals surface area (Å²) in [6.07, 6.45) is 0. The van der Waals surface area contributed by atoms with Crippen molar-refractivity contribution in [1.82, 2.24) is 9.97 Å². The Morgan fingerprint density at radius 3 is 2.00 bits per heavy atom. The van der Waals surface area contributed by atoms with Crippen LogP contribution >= 0.6 is 22.7 Å². The van der Waals surface area contributed by atoms with E-state index in [2.05, 4.69) is 61.8 Å². The van der Waals surface area contributed by atoms with Crippen molar-refractivity contribution in [3.05, 3.63) is 46.5 Å². The summed E-state index contributed by atoms with van der Waals surface area (Å²) in [5.41, 5.74) is 7.51. The molecule has 0 atom stereocenters. The Morgan fingerprint density at radius 1 is 0.714 bits per heavy atom. The zero-order valence-electron chi connectivity index (χ0n) is 16.7. The Bertz CT molecular complexity index is 1140. The van der Waals surface area contributed by atoms with Crippen molar-refractivity contribution in [2.75, 3.05) is 36.0 Å². The SMILES string of the molecule is Cc1cc(C)c2sc(N3CCN(c4nc5c(C)ccc(C)c5s4)CC3)nc2c1. The van der Waals surface area contributed by atoms with Crippen molar-refractivity contribution < 1.29 is 0 Å². The maximum absolute atomic E-state index is 4.96. The van der Waals surface area contributed by atoms with Crippen molar-refractivity contribution in [2.24, 2.45) is 0 Å². The molecule has 2 aromatic carbocycles. The van der Waals surface area contributed by atoms with Gasteiger partial charge in [0.05, 0.1) is 20.4 Å². The summed E-state index contributed by atoms with van der Waals surface area (Å²) in [5.74, 6) is 0. The van der Waals surface area contributed by atoms with Gasteiger partial charge in [0, 0.05) is 26.2 Å². The third-order valence-corrected chi connectivity index (χ3v) is 8.08. The van der Waals surface area contributed by atoms with Crippen molar-refractivity contribution in [1.29, 1.82) is 0 Å². The summed E-state index contributed by atoms with van der Waals surface area (Å²) in [4.78, 5) is 14.8. The van der Waals surface area contributed by atoms with Gasteiger partial charge < -0.3 is 9.80 Å². The van der Waals surface area contributed by atoms with Crippen molar-refractivity contribution in [3.8, 4) is 0 Å². The van der Waals surface area contributed by atoms with E-state index in [1.54, 1.807) is 0 Å². The highest BCUT2D eigenvalue weighted by Crippen LogP contribution is 2.35. The largest absolute Gasteiger partial charge is 0.345 e.